The summed E-state index contributed by atoms with van der Waals surface area (Å²) in [5.41, 5.74) is -0.318. The maximum atomic E-state index is 8.97. The van der Waals surface area contributed by atoms with Crippen molar-refractivity contribution in [2.45, 2.75) is 19.3 Å². The van der Waals surface area contributed by atoms with Crippen molar-refractivity contribution in [1.29, 1.82) is 0 Å². The van der Waals surface area contributed by atoms with Crippen molar-refractivity contribution in [1.82, 2.24) is 0 Å². The third-order valence-electron chi connectivity index (χ3n) is 2.57. The Balaban J connectivity index is 4.24. The third kappa shape index (κ3) is 5.89. The first kappa shape index (κ1) is 14.6. The van der Waals surface area contributed by atoms with E-state index in [1.54, 1.807) is 6.08 Å². The Morgan fingerprint density at radius 1 is 1.00 bits per heavy atom. The van der Waals surface area contributed by atoms with E-state index in [0.717, 1.165) is 0 Å². The lowest BCUT2D eigenvalue weighted by molar-refractivity contribution is 0.00737. The van der Waals surface area contributed by atoms with Gasteiger partial charge in [-0.2, -0.15) is 0 Å². The van der Waals surface area contributed by atoms with E-state index in [9.17, 15) is 0 Å². The van der Waals surface area contributed by atoms with Gasteiger partial charge in [-0.15, -0.1) is 6.58 Å². The molecule has 0 fully saturated rings. The molecule has 0 unspecified atom stereocenters. The largest absolute Gasteiger partial charge is 0.396 e. The molecule has 15 heavy (non-hydrogen) atoms. The quantitative estimate of drug-likeness (QED) is 0.365. The van der Waals surface area contributed by atoms with Gasteiger partial charge in [0, 0.05) is 25.2 Å². The Morgan fingerprint density at radius 3 is 1.80 bits per heavy atom. The standard InChI is InChI=1S/C11H22O4/c1-2-9-15-10-11(3-6-12,4-7-13)5-8-14/h2,12-14H,1,3-10H2. The van der Waals surface area contributed by atoms with Crippen LogP contribution in [0.2, 0.25) is 0 Å². The molecule has 0 atom stereocenters. The zero-order valence-corrected chi connectivity index (χ0v) is 9.19. The van der Waals surface area contributed by atoms with E-state index in [0.29, 0.717) is 32.5 Å². The Hall–Kier alpha value is -0.420. The maximum Gasteiger partial charge on any atom is 0.0645 e. The molecule has 0 saturated carbocycles. The van der Waals surface area contributed by atoms with Gasteiger partial charge < -0.3 is 20.1 Å². The number of hydrogen-bond acceptors (Lipinski definition) is 4. The predicted molar refractivity (Wildman–Crippen MR) is 58.6 cm³/mol. The molecule has 0 aliphatic heterocycles. The first-order valence-corrected chi connectivity index (χ1v) is 5.26. The Kier molecular flexibility index (Phi) is 8.61. The van der Waals surface area contributed by atoms with Crippen molar-refractivity contribution in [3.8, 4) is 0 Å². The molecule has 0 spiro atoms. The average molecular weight is 218 g/mol. The first-order chi connectivity index (χ1) is 7.24. The van der Waals surface area contributed by atoms with E-state index in [1.807, 2.05) is 0 Å². The van der Waals surface area contributed by atoms with Crippen molar-refractivity contribution in [3.05, 3.63) is 12.7 Å². The van der Waals surface area contributed by atoms with Crippen LogP contribution in [0, 0.1) is 5.41 Å². The molecule has 0 aliphatic carbocycles. The molecule has 0 aromatic rings. The second kappa shape index (κ2) is 8.85. The Morgan fingerprint density at radius 2 is 1.47 bits per heavy atom. The van der Waals surface area contributed by atoms with Crippen LogP contribution in [-0.4, -0.2) is 48.4 Å². The van der Waals surface area contributed by atoms with Crippen molar-refractivity contribution in [2.75, 3.05) is 33.0 Å². The second-order valence-corrected chi connectivity index (χ2v) is 3.72. The molecule has 0 aliphatic rings. The van der Waals surface area contributed by atoms with Crippen LogP contribution in [0.5, 0.6) is 0 Å². The number of ether oxygens (including phenoxy) is 1. The van der Waals surface area contributed by atoms with Crippen molar-refractivity contribution in [2.24, 2.45) is 5.41 Å². The molecule has 3 N–H and O–H groups in total. The minimum absolute atomic E-state index is 0.0391. The van der Waals surface area contributed by atoms with Gasteiger partial charge in [0.25, 0.3) is 0 Å². The zero-order chi connectivity index (χ0) is 11.6. The predicted octanol–water partition coefficient (Wildman–Crippen LogP) is 0.323. The van der Waals surface area contributed by atoms with Gasteiger partial charge in [0.2, 0.25) is 0 Å². The molecule has 0 aromatic heterocycles. The second-order valence-electron chi connectivity index (χ2n) is 3.72. The van der Waals surface area contributed by atoms with E-state index in [2.05, 4.69) is 6.58 Å². The molecule has 0 saturated heterocycles. The van der Waals surface area contributed by atoms with Crippen LogP contribution >= 0.6 is 0 Å². The van der Waals surface area contributed by atoms with Gasteiger partial charge in [0.05, 0.1) is 13.2 Å². The lowest BCUT2D eigenvalue weighted by Crippen LogP contribution is -2.31. The summed E-state index contributed by atoms with van der Waals surface area (Å²) in [6.07, 6.45) is 3.25. The fourth-order valence-electron chi connectivity index (χ4n) is 1.66. The Labute approximate surface area is 91.2 Å². The van der Waals surface area contributed by atoms with Crippen LogP contribution in [0.3, 0.4) is 0 Å². The summed E-state index contributed by atoms with van der Waals surface area (Å²) >= 11 is 0. The molecular formula is C11H22O4. The number of rotatable bonds is 10. The highest BCUT2D eigenvalue weighted by molar-refractivity contribution is 4.79. The summed E-state index contributed by atoms with van der Waals surface area (Å²) < 4.78 is 5.35. The molecule has 0 radical (unpaired) electrons. The van der Waals surface area contributed by atoms with Gasteiger partial charge >= 0.3 is 0 Å². The van der Waals surface area contributed by atoms with Crippen molar-refractivity contribution >= 4 is 0 Å². The highest BCUT2D eigenvalue weighted by Crippen LogP contribution is 2.30. The van der Waals surface area contributed by atoms with Gasteiger partial charge in [-0.3, -0.25) is 0 Å². The number of hydrogen-bond donors (Lipinski definition) is 3. The lowest BCUT2D eigenvalue weighted by atomic mass is 9.79. The molecular weight excluding hydrogens is 196 g/mol. The van der Waals surface area contributed by atoms with E-state index in [4.69, 9.17) is 20.1 Å². The van der Waals surface area contributed by atoms with Crippen LogP contribution in [0.1, 0.15) is 19.3 Å². The zero-order valence-electron chi connectivity index (χ0n) is 9.19. The highest BCUT2D eigenvalue weighted by atomic mass is 16.5. The number of aliphatic hydroxyl groups is 3. The smallest absolute Gasteiger partial charge is 0.0645 e. The minimum atomic E-state index is -0.318. The van der Waals surface area contributed by atoms with E-state index in [1.165, 1.54) is 0 Å². The summed E-state index contributed by atoms with van der Waals surface area (Å²) in [5, 5.41) is 26.9. The summed E-state index contributed by atoms with van der Waals surface area (Å²) in [6.45, 7) is 4.54. The van der Waals surface area contributed by atoms with Crippen LogP contribution in [0.15, 0.2) is 12.7 Å². The minimum Gasteiger partial charge on any atom is -0.396 e. The average Bonchev–Trinajstić information content (AvgIpc) is 2.19. The van der Waals surface area contributed by atoms with Crippen LogP contribution in [0.4, 0.5) is 0 Å². The first-order valence-electron chi connectivity index (χ1n) is 5.26. The third-order valence-corrected chi connectivity index (χ3v) is 2.57. The van der Waals surface area contributed by atoms with E-state index in [-0.39, 0.29) is 25.2 Å². The van der Waals surface area contributed by atoms with Crippen LogP contribution in [0.25, 0.3) is 0 Å². The summed E-state index contributed by atoms with van der Waals surface area (Å²) in [5.74, 6) is 0. The molecule has 0 aromatic carbocycles. The monoisotopic (exact) mass is 218 g/mol. The van der Waals surface area contributed by atoms with Gasteiger partial charge in [0.1, 0.15) is 0 Å². The van der Waals surface area contributed by atoms with E-state index < -0.39 is 0 Å². The molecule has 0 rings (SSSR count). The van der Waals surface area contributed by atoms with E-state index >= 15 is 0 Å². The van der Waals surface area contributed by atoms with Gasteiger partial charge in [-0.1, -0.05) is 6.08 Å². The number of aliphatic hydroxyl groups excluding tert-OH is 3. The summed E-state index contributed by atoms with van der Waals surface area (Å²) in [6, 6.07) is 0. The van der Waals surface area contributed by atoms with Crippen molar-refractivity contribution in [3.63, 3.8) is 0 Å². The molecule has 0 heterocycles. The summed E-state index contributed by atoms with van der Waals surface area (Å²) in [4.78, 5) is 0. The highest BCUT2D eigenvalue weighted by Gasteiger charge is 2.28. The molecule has 0 bridgehead atoms. The lowest BCUT2D eigenvalue weighted by Gasteiger charge is -2.31. The topological polar surface area (TPSA) is 69.9 Å². The Bertz CT molecular complexity index is 142. The van der Waals surface area contributed by atoms with Gasteiger partial charge in [0.15, 0.2) is 0 Å². The van der Waals surface area contributed by atoms with Gasteiger partial charge in [-0.25, -0.2) is 0 Å². The summed E-state index contributed by atoms with van der Waals surface area (Å²) in [7, 11) is 0. The fourth-order valence-corrected chi connectivity index (χ4v) is 1.66. The maximum absolute atomic E-state index is 8.97. The van der Waals surface area contributed by atoms with Gasteiger partial charge in [-0.05, 0) is 19.3 Å². The fraction of sp³-hybridized carbons (Fsp3) is 0.818. The van der Waals surface area contributed by atoms with Crippen LogP contribution in [-0.2, 0) is 4.74 Å². The van der Waals surface area contributed by atoms with Crippen molar-refractivity contribution < 1.29 is 20.1 Å². The molecule has 0 amide bonds. The molecule has 4 heteroatoms. The molecule has 4 nitrogen and oxygen atoms in total. The molecule has 90 valence electrons. The SMILES string of the molecule is C=CCOCC(CCO)(CCO)CCO. The normalized spacial score (nSPS) is 11.7. The van der Waals surface area contributed by atoms with Crippen LogP contribution < -0.4 is 0 Å².